The SMILES string of the molecule is CC(CCCNC1CC1)N1CCc2ccccc21. The number of nitrogens with one attached hydrogen (secondary N) is 1. The van der Waals surface area contributed by atoms with Crippen LogP contribution in [0.5, 0.6) is 0 Å². The summed E-state index contributed by atoms with van der Waals surface area (Å²) in [5, 5.41) is 3.60. The molecule has 0 radical (unpaired) electrons. The van der Waals surface area contributed by atoms with Gasteiger partial charge < -0.3 is 10.2 Å². The Balaban J connectivity index is 1.48. The van der Waals surface area contributed by atoms with Crippen LogP contribution in [-0.4, -0.2) is 25.2 Å². The van der Waals surface area contributed by atoms with Crippen LogP contribution >= 0.6 is 0 Å². The van der Waals surface area contributed by atoms with E-state index in [1.165, 1.54) is 56.4 Å². The Bertz CT molecular complexity index is 398. The molecule has 18 heavy (non-hydrogen) atoms. The smallest absolute Gasteiger partial charge is 0.0401 e. The Morgan fingerprint density at radius 3 is 3.00 bits per heavy atom. The minimum Gasteiger partial charge on any atom is -0.368 e. The van der Waals surface area contributed by atoms with Gasteiger partial charge in [-0.3, -0.25) is 0 Å². The fourth-order valence-electron chi connectivity index (χ4n) is 2.97. The molecule has 0 amide bonds. The van der Waals surface area contributed by atoms with Crippen molar-refractivity contribution in [3.8, 4) is 0 Å². The van der Waals surface area contributed by atoms with Gasteiger partial charge in [-0.25, -0.2) is 0 Å². The Labute approximate surface area is 110 Å². The van der Waals surface area contributed by atoms with Crippen molar-refractivity contribution in [1.82, 2.24) is 5.32 Å². The molecule has 0 bridgehead atoms. The van der Waals surface area contributed by atoms with Gasteiger partial charge in [-0.2, -0.15) is 0 Å². The summed E-state index contributed by atoms with van der Waals surface area (Å²) >= 11 is 0. The summed E-state index contributed by atoms with van der Waals surface area (Å²) < 4.78 is 0. The van der Waals surface area contributed by atoms with Crippen LogP contribution in [0.4, 0.5) is 5.69 Å². The first kappa shape index (κ1) is 12.0. The van der Waals surface area contributed by atoms with Crippen LogP contribution < -0.4 is 10.2 Å². The predicted octanol–water partition coefficient (Wildman–Crippen LogP) is 2.97. The highest BCUT2D eigenvalue weighted by Gasteiger charge is 2.23. The van der Waals surface area contributed by atoms with Gasteiger partial charge in [0.1, 0.15) is 0 Å². The highest BCUT2D eigenvalue weighted by Crippen LogP contribution is 2.30. The number of nitrogens with zero attached hydrogens (tertiary/aromatic N) is 1. The molecule has 1 saturated carbocycles. The normalized spacial score (nSPS) is 19.9. The van der Waals surface area contributed by atoms with Crippen molar-refractivity contribution in [2.45, 2.75) is 51.1 Å². The van der Waals surface area contributed by atoms with Crippen molar-refractivity contribution < 1.29 is 0 Å². The molecule has 1 fully saturated rings. The largest absolute Gasteiger partial charge is 0.368 e. The Hall–Kier alpha value is -1.02. The number of rotatable bonds is 6. The van der Waals surface area contributed by atoms with Crippen LogP contribution in [0.15, 0.2) is 24.3 Å². The van der Waals surface area contributed by atoms with Gasteiger partial charge in [-0.1, -0.05) is 18.2 Å². The number of anilines is 1. The van der Waals surface area contributed by atoms with E-state index in [4.69, 9.17) is 0 Å². The first-order valence-corrected chi connectivity index (χ1v) is 7.42. The minimum absolute atomic E-state index is 0.676. The van der Waals surface area contributed by atoms with Crippen molar-refractivity contribution >= 4 is 5.69 Å². The van der Waals surface area contributed by atoms with Crippen LogP contribution in [0, 0.1) is 0 Å². The lowest BCUT2D eigenvalue weighted by Crippen LogP contribution is -2.32. The van der Waals surface area contributed by atoms with E-state index in [-0.39, 0.29) is 0 Å². The molecule has 0 saturated heterocycles. The number of para-hydroxylation sites is 1. The fourth-order valence-corrected chi connectivity index (χ4v) is 2.97. The molecule has 3 rings (SSSR count). The van der Waals surface area contributed by atoms with Crippen LogP contribution in [0.2, 0.25) is 0 Å². The minimum atomic E-state index is 0.676. The summed E-state index contributed by atoms with van der Waals surface area (Å²) in [6, 6.07) is 10.4. The van der Waals surface area contributed by atoms with Crippen molar-refractivity contribution in [1.29, 1.82) is 0 Å². The van der Waals surface area contributed by atoms with E-state index in [2.05, 4.69) is 41.4 Å². The lowest BCUT2D eigenvalue weighted by Gasteiger charge is -2.27. The molecule has 98 valence electrons. The van der Waals surface area contributed by atoms with Gasteiger partial charge in [0.2, 0.25) is 0 Å². The second-order valence-electron chi connectivity index (χ2n) is 5.79. The van der Waals surface area contributed by atoms with Crippen molar-refractivity contribution in [2.75, 3.05) is 18.0 Å². The molecular formula is C16H24N2. The second-order valence-corrected chi connectivity index (χ2v) is 5.79. The van der Waals surface area contributed by atoms with Gasteiger partial charge in [0.15, 0.2) is 0 Å². The van der Waals surface area contributed by atoms with Gasteiger partial charge in [-0.15, -0.1) is 0 Å². The fraction of sp³-hybridized carbons (Fsp3) is 0.625. The molecule has 1 N–H and O–H groups in total. The third-order valence-corrected chi connectivity index (χ3v) is 4.26. The summed E-state index contributed by atoms with van der Waals surface area (Å²) in [6.45, 7) is 4.78. The maximum absolute atomic E-state index is 3.60. The zero-order valence-electron chi connectivity index (χ0n) is 11.4. The van der Waals surface area contributed by atoms with E-state index in [1.54, 1.807) is 0 Å². The molecule has 2 aliphatic rings. The Kier molecular flexibility index (Phi) is 3.55. The second kappa shape index (κ2) is 5.31. The number of hydrogen-bond acceptors (Lipinski definition) is 2. The molecular weight excluding hydrogens is 220 g/mol. The van der Waals surface area contributed by atoms with Gasteiger partial charge >= 0.3 is 0 Å². The third-order valence-electron chi connectivity index (χ3n) is 4.26. The number of benzene rings is 1. The summed E-state index contributed by atoms with van der Waals surface area (Å²) in [7, 11) is 0. The van der Waals surface area contributed by atoms with Crippen molar-refractivity contribution in [2.24, 2.45) is 0 Å². The van der Waals surface area contributed by atoms with Crippen LogP contribution in [0.25, 0.3) is 0 Å². The predicted molar refractivity (Wildman–Crippen MR) is 77.2 cm³/mol. The average molecular weight is 244 g/mol. The van der Waals surface area contributed by atoms with E-state index < -0.39 is 0 Å². The molecule has 1 unspecified atom stereocenters. The molecule has 1 aromatic rings. The van der Waals surface area contributed by atoms with E-state index in [0.717, 1.165) is 6.04 Å². The molecule has 1 aliphatic carbocycles. The highest BCUT2D eigenvalue weighted by molar-refractivity contribution is 5.58. The van der Waals surface area contributed by atoms with E-state index in [1.807, 2.05) is 0 Å². The van der Waals surface area contributed by atoms with Gasteiger partial charge in [0.25, 0.3) is 0 Å². The molecule has 0 spiro atoms. The highest BCUT2D eigenvalue weighted by atomic mass is 15.2. The Morgan fingerprint density at radius 2 is 2.17 bits per heavy atom. The van der Waals surface area contributed by atoms with E-state index >= 15 is 0 Å². The first-order valence-electron chi connectivity index (χ1n) is 7.42. The van der Waals surface area contributed by atoms with Crippen molar-refractivity contribution in [3.05, 3.63) is 29.8 Å². The molecule has 2 heteroatoms. The van der Waals surface area contributed by atoms with E-state index in [0.29, 0.717) is 6.04 Å². The summed E-state index contributed by atoms with van der Waals surface area (Å²) in [4.78, 5) is 2.59. The third kappa shape index (κ3) is 2.69. The summed E-state index contributed by atoms with van der Waals surface area (Å²) in [5.41, 5.74) is 3.00. The Morgan fingerprint density at radius 1 is 1.33 bits per heavy atom. The topological polar surface area (TPSA) is 15.3 Å². The summed E-state index contributed by atoms with van der Waals surface area (Å²) in [6.07, 6.45) is 6.62. The number of hydrogen-bond donors (Lipinski definition) is 1. The van der Waals surface area contributed by atoms with Gasteiger partial charge in [0.05, 0.1) is 0 Å². The molecule has 1 aromatic carbocycles. The molecule has 0 aromatic heterocycles. The number of fused-ring (bicyclic) bond motifs is 1. The maximum Gasteiger partial charge on any atom is 0.0401 e. The maximum atomic E-state index is 3.60. The average Bonchev–Trinajstić information content (AvgIpc) is 3.11. The molecule has 1 heterocycles. The van der Waals surface area contributed by atoms with Crippen LogP contribution in [0.1, 0.15) is 38.2 Å². The monoisotopic (exact) mass is 244 g/mol. The van der Waals surface area contributed by atoms with Crippen molar-refractivity contribution in [3.63, 3.8) is 0 Å². The zero-order chi connectivity index (χ0) is 12.4. The lowest BCUT2D eigenvalue weighted by atomic mass is 10.1. The first-order chi connectivity index (χ1) is 8.84. The molecule has 2 nitrogen and oxygen atoms in total. The van der Waals surface area contributed by atoms with E-state index in [9.17, 15) is 0 Å². The quantitative estimate of drug-likeness (QED) is 0.774. The van der Waals surface area contributed by atoms with Crippen LogP contribution in [0.3, 0.4) is 0 Å². The van der Waals surface area contributed by atoms with Gasteiger partial charge in [0, 0.05) is 24.3 Å². The molecule has 1 atom stereocenters. The van der Waals surface area contributed by atoms with Gasteiger partial charge in [-0.05, 0) is 57.2 Å². The zero-order valence-corrected chi connectivity index (χ0v) is 11.4. The molecule has 1 aliphatic heterocycles. The lowest BCUT2D eigenvalue weighted by molar-refractivity contribution is 0.546. The standard InChI is InChI=1S/C16H24N2/c1-13(5-4-11-17-15-8-9-15)18-12-10-14-6-2-3-7-16(14)18/h2-3,6-7,13,15,17H,4-5,8-12H2,1H3. The summed E-state index contributed by atoms with van der Waals surface area (Å²) in [5.74, 6) is 0. The van der Waals surface area contributed by atoms with Crippen LogP contribution in [-0.2, 0) is 6.42 Å².